The van der Waals surface area contributed by atoms with Crippen LogP contribution in [0.2, 0.25) is 0 Å². The van der Waals surface area contributed by atoms with E-state index in [1.807, 2.05) is 53.2 Å². The number of aromatic nitrogens is 3. The molecular formula is C19H18N4O. The third-order valence-corrected chi connectivity index (χ3v) is 4.16. The van der Waals surface area contributed by atoms with Gasteiger partial charge >= 0.3 is 0 Å². The van der Waals surface area contributed by atoms with Crippen molar-refractivity contribution in [3.05, 3.63) is 83.2 Å². The predicted molar refractivity (Wildman–Crippen MR) is 90.4 cm³/mol. The monoisotopic (exact) mass is 318 g/mol. The van der Waals surface area contributed by atoms with E-state index in [9.17, 15) is 4.79 Å². The first-order valence-electron chi connectivity index (χ1n) is 8.13. The van der Waals surface area contributed by atoms with E-state index >= 15 is 0 Å². The maximum absolute atomic E-state index is 12.4. The number of carbonyl (C=O) groups is 1. The topological polar surface area (TPSA) is 63.0 Å². The molecule has 3 aromatic rings. The lowest BCUT2D eigenvalue weighted by atomic mass is 10.2. The van der Waals surface area contributed by atoms with Crippen LogP contribution in [-0.4, -0.2) is 20.7 Å². The Kier molecular flexibility index (Phi) is 3.83. The van der Waals surface area contributed by atoms with Gasteiger partial charge < -0.3 is 4.57 Å². The zero-order valence-electron chi connectivity index (χ0n) is 13.2. The minimum Gasteiger partial charge on any atom is -0.328 e. The van der Waals surface area contributed by atoms with E-state index < -0.39 is 0 Å². The Morgan fingerprint density at radius 1 is 1.17 bits per heavy atom. The van der Waals surface area contributed by atoms with Gasteiger partial charge in [0.05, 0.1) is 0 Å². The number of nitrogens with one attached hydrogen (secondary N) is 1. The SMILES string of the molecule is O=C(N=c1ccccn1Cc1ccccc1)c1cc(C2CC2)[nH]n1. The molecule has 2 heterocycles. The summed E-state index contributed by atoms with van der Waals surface area (Å²) < 4.78 is 1.96. The molecular weight excluding hydrogens is 300 g/mol. The normalized spacial score (nSPS) is 14.8. The lowest BCUT2D eigenvalue weighted by Gasteiger charge is -2.07. The average Bonchev–Trinajstić information content (AvgIpc) is 3.34. The molecule has 120 valence electrons. The average molecular weight is 318 g/mol. The molecule has 1 aliphatic rings. The third-order valence-electron chi connectivity index (χ3n) is 4.16. The van der Waals surface area contributed by atoms with Crippen molar-refractivity contribution < 1.29 is 4.79 Å². The van der Waals surface area contributed by atoms with Crippen molar-refractivity contribution in [1.29, 1.82) is 0 Å². The molecule has 1 amide bonds. The minimum atomic E-state index is -0.314. The first-order chi connectivity index (χ1) is 11.8. The number of hydrogen-bond acceptors (Lipinski definition) is 2. The van der Waals surface area contributed by atoms with Crippen LogP contribution in [0, 0.1) is 0 Å². The molecule has 5 nitrogen and oxygen atoms in total. The summed E-state index contributed by atoms with van der Waals surface area (Å²) >= 11 is 0. The van der Waals surface area contributed by atoms with Gasteiger partial charge in [0, 0.05) is 24.4 Å². The molecule has 1 aromatic carbocycles. The van der Waals surface area contributed by atoms with Gasteiger partial charge in [-0.3, -0.25) is 9.89 Å². The first kappa shape index (κ1) is 14.6. The molecule has 0 spiro atoms. The molecule has 0 bridgehead atoms. The van der Waals surface area contributed by atoms with E-state index in [2.05, 4.69) is 27.3 Å². The molecule has 5 heteroatoms. The summed E-state index contributed by atoms with van der Waals surface area (Å²) in [5.74, 6) is 0.227. The lowest BCUT2D eigenvalue weighted by Crippen LogP contribution is -2.22. The van der Waals surface area contributed by atoms with E-state index in [1.54, 1.807) is 0 Å². The summed E-state index contributed by atoms with van der Waals surface area (Å²) in [5, 5.41) is 7.06. The summed E-state index contributed by atoms with van der Waals surface area (Å²) in [6.07, 6.45) is 4.27. The van der Waals surface area contributed by atoms with Gasteiger partial charge in [-0.1, -0.05) is 36.4 Å². The third kappa shape index (κ3) is 3.20. The zero-order valence-corrected chi connectivity index (χ0v) is 13.2. The fourth-order valence-corrected chi connectivity index (χ4v) is 2.69. The molecule has 0 atom stereocenters. The van der Waals surface area contributed by atoms with Crippen LogP contribution in [0.1, 0.15) is 40.5 Å². The molecule has 1 N–H and O–H groups in total. The number of carbonyl (C=O) groups excluding carboxylic acids is 1. The Labute approximate surface area is 139 Å². The Hall–Kier alpha value is -2.95. The number of rotatable bonds is 4. The van der Waals surface area contributed by atoms with Crippen molar-refractivity contribution >= 4 is 5.91 Å². The number of amides is 1. The van der Waals surface area contributed by atoms with Crippen molar-refractivity contribution in [3.63, 3.8) is 0 Å². The first-order valence-corrected chi connectivity index (χ1v) is 8.13. The number of pyridine rings is 1. The number of H-pyrrole nitrogens is 1. The van der Waals surface area contributed by atoms with Crippen LogP contribution in [0.4, 0.5) is 0 Å². The molecule has 24 heavy (non-hydrogen) atoms. The van der Waals surface area contributed by atoms with Gasteiger partial charge in [0.2, 0.25) is 0 Å². The van der Waals surface area contributed by atoms with Crippen molar-refractivity contribution in [2.45, 2.75) is 25.3 Å². The Morgan fingerprint density at radius 3 is 2.75 bits per heavy atom. The van der Waals surface area contributed by atoms with Crippen molar-refractivity contribution in [2.24, 2.45) is 4.99 Å². The van der Waals surface area contributed by atoms with Crippen LogP contribution in [-0.2, 0) is 6.54 Å². The van der Waals surface area contributed by atoms with Crippen LogP contribution >= 0.6 is 0 Å². The second kappa shape index (κ2) is 6.28. The molecule has 0 radical (unpaired) electrons. The number of aromatic amines is 1. The maximum Gasteiger partial charge on any atom is 0.299 e. The largest absolute Gasteiger partial charge is 0.328 e. The van der Waals surface area contributed by atoms with Gasteiger partial charge in [-0.25, -0.2) is 0 Å². The van der Waals surface area contributed by atoms with Crippen LogP contribution in [0.3, 0.4) is 0 Å². The summed E-state index contributed by atoms with van der Waals surface area (Å²) in [7, 11) is 0. The fourth-order valence-electron chi connectivity index (χ4n) is 2.69. The fraction of sp³-hybridized carbons (Fsp3) is 0.211. The lowest BCUT2D eigenvalue weighted by molar-refractivity contribution is 0.0992. The summed E-state index contributed by atoms with van der Waals surface area (Å²) in [5.41, 5.74) is 3.21. The second-order valence-electron chi connectivity index (χ2n) is 6.07. The highest BCUT2D eigenvalue weighted by atomic mass is 16.1. The molecule has 1 saturated carbocycles. The summed E-state index contributed by atoms with van der Waals surface area (Å²) in [6.45, 7) is 0.668. The second-order valence-corrected chi connectivity index (χ2v) is 6.07. The van der Waals surface area contributed by atoms with Gasteiger partial charge in [0.1, 0.15) is 5.49 Å². The Bertz CT molecular complexity index is 920. The van der Waals surface area contributed by atoms with Crippen LogP contribution in [0.15, 0.2) is 65.8 Å². The Morgan fingerprint density at radius 2 is 1.96 bits per heavy atom. The predicted octanol–water partition coefficient (Wildman–Crippen LogP) is 2.88. The van der Waals surface area contributed by atoms with Crippen LogP contribution in [0.25, 0.3) is 0 Å². The van der Waals surface area contributed by atoms with Crippen molar-refractivity contribution in [3.8, 4) is 0 Å². The molecule has 2 aromatic heterocycles. The highest BCUT2D eigenvalue weighted by Gasteiger charge is 2.26. The molecule has 4 rings (SSSR count). The summed E-state index contributed by atoms with van der Waals surface area (Å²) in [6, 6.07) is 17.6. The smallest absolute Gasteiger partial charge is 0.299 e. The van der Waals surface area contributed by atoms with E-state index in [0.717, 1.165) is 11.3 Å². The van der Waals surface area contributed by atoms with Crippen LogP contribution < -0.4 is 5.49 Å². The molecule has 0 unspecified atom stereocenters. The molecule has 0 saturated heterocycles. The highest BCUT2D eigenvalue weighted by molar-refractivity contribution is 5.93. The van der Waals surface area contributed by atoms with E-state index in [1.165, 1.54) is 12.8 Å². The molecule has 1 fully saturated rings. The van der Waals surface area contributed by atoms with E-state index in [-0.39, 0.29) is 5.91 Å². The van der Waals surface area contributed by atoms with Crippen molar-refractivity contribution in [1.82, 2.24) is 14.8 Å². The van der Waals surface area contributed by atoms with Gasteiger partial charge in [-0.15, -0.1) is 0 Å². The van der Waals surface area contributed by atoms with E-state index in [4.69, 9.17) is 0 Å². The van der Waals surface area contributed by atoms with Gasteiger partial charge in [-0.05, 0) is 36.6 Å². The van der Waals surface area contributed by atoms with Gasteiger partial charge in [-0.2, -0.15) is 10.1 Å². The quantitative estimate of drug-likeness (QED) is 0.804. The highest BCUT2D eigenvalue weighted by Crippen LogP contribution is 2.38. The standard InChI is InChI=1S/C19H18N4O/c24-19(17-12-16(21-22-17)15-9-10-15)20-18-8-4-5-11-23(18)13-14-6-2-1-3-7-14/h1-8,11-12,15H,9-10,13H2,(H,21,22). The molecule has 0 aliphatic heterocycles. The van der Waals surface area contributed by atoms with Crippen molar-refractivity contribution in [2.75, 3.05) is 0 Å². The van der Waals surface area contributed by atoms with Crippen LogP contribution in [0.5, 0.6) is 0 Å². The molecule has 1 aliphatic carbocycles. The Balaban J connectivity index is 1.62. The van der Waals surface area contributed by atoms with Gasteiger partial charge in [0.25, 0.3) is 5.91 Å². The zero-order chi connectivity index (χ0) is 16.4. The maximum atomic E-state index is 12.4. The minimum absolute atomic E-state index is 0.314. The number of hydrogen-bond donors (Lipinski definition) is 1. The van der Waals surface area contributed by atoms with E-state index in [0.29, 0.717) is 23.6 Å². The summed E-state index contributed by atoms with van der Waals surface area (Å²) in [4.78, 5) is 16.7. The number of nitrogens with zero attached hydrogens (tertiary/aromatic N) is 3. The number of benzene rings is 1. The van der Waals surface area contributed by atoms with Gasteiger partial charge in [0.15, 0.2) is 5.69 Å².